The van der Waals surface area contributed by atoms with Crippen LogP contribution >= 0.6 is 0 Å². The van der Waals surface area contributed by atoms with E-state index in [0.717, 1.165) is 18.6 Å². The van der Waals surface area contributed by atoms with Crippen LogP contribution in [0.25, 0.3) is 0 Å². The van der Waals surface area contributed by atoms with Crippen molar-refractivity contribution in [3.05, 3.63) is 23.7 Å². The number of carboxylic acid groups (broad SMARTS) is 1. The van der Waals surface area contributed by atoms with Crippen molar-refractivity contribution in [2.24, 2.45) is 0 Å². The van der Waals surface area contributed by atoms with E-state index in [0.29, 0.717) is 0 Å². The first kappa shape index (κ1) is 14.7. The molecular weight excluding hydrogens is 284 g/mol. The van der Waals surface area contributed by atoms with Gasteiger partial charge in [0.05, 0.1) is 17.1 Å². The van der Waals surface area contributed by atoms with E-state index >= 15 is 0 Å². The van der Waals surface area contributed by atoms with Crippen molar-refractivity contribution in [2.75, 3.05) is 17.8 Å². The number of rotatable bonds is 6. The Labute approximate surface area is 104 Å². The van der Waals surface area contributed by atoms with Gasteiger partial charge in [0.2, 0.25) is 0 Å². The largest absolute Gasteiger partial charge is 0.478 e. The second-order valence-corrected chi connectivity index (χ2v) is 8.27. The Morgan fingerprint density at radius 2 is 1.89 bits per heavy atom. The van der Waals surface area contributed by atoms with Crippen LogP contribution in [0.5, 0.6) is 0 Å². The Kier molecular flexibility index (Phi) is 4.17. The number of hydrogen-bond donors (Lipinski definition) is 1. The van der Waals surface area contributed by atoms with Crippen molar-refractivity contribution in [3.63, 3.8) is 0 Å². The number of sulfone groups is 2. The summed E-state index contributed by atoms with van der Waals surface area (Å²) in [7, 11) is -7.01. The summed E-state index contributed by atoms with van der Waals surface area (Å²) in [6, 6.07) is 1.10. The van der Waals surface area contributed by atoms with Crippen molar-refractivity contribution in [2.45, 2.75) is 5.75 Å². The Balaban J connectivity index is 2.73. The zero-order chi connectivity index (χ0) is 14.0. The third-order valence-corrected chi connectivity index (χ3v) is 4.78. The summed E-state index contributed by atoms with van der Waals surface area (Å²) in [6.45, 7) is 0. The zero-order valence-corrected chi connectivity index (χ0v) is 11.1. The van der Waals surface area contributed by atoms with E-state index in [-0.39, 0.29) is 11.3 Å². The Morgan fingerprint density at radius 1 is 1.28 bits per heavy atom. The predicted octanol–water partition coefficient (Wildman–Crippen LogP) is -0.0628. The van der Waals surface area contributed by atoms with Gasteiger partial charge in [-0.1, -0.05) is 0 Å². The van der Waals surface area contributed by atoms with Gasteiger partial charge in [0.15, 0.2) is 9.84 Å². The third-order valence-electron chi connectivity index (χ3n) is 2.03. The summed E-state index contributed by atoms with van der Waals surface area (Å²) in [5.41, 5.74) is -0.150. The van der Waals surface area contributed by atoms with Crippen molar-refractivity contribution in [1.82, 2.24) is 0 Å². The summed E-state index contributed by atoms with van der Waals surface area (Å²) in [6.07, 6.45) is 1.88. The monoisotopic (exact) mass is 296 g/mol. The van der Waals surface area contributed by atoms with Crippen LogP contribution in [0.2, 0.25) is 0 Å². The molecule has 9 heteroatoms. The molecule has 0 aliphatic rings. The Bertz CT molecular complexity index is 636. The molecule has 0 atom stereocenters. The lowest BCUT2D eigenvalue weighted by Crippen LogP contribution is -2.17. The molecule has 0 aromatic carbocycles. The number of hydrogen-bond acceptors (Lipinski definition) is 6. The van der Waals surface area contributed by atoms with Crippen molar-refractivity contribution in [3.8, 4) is 0 Å². The molecule has 0 saturated carbocycles. The lowest BCUT2D eigenvalue weighted by atomic mass is 10.3. The van der Waals surface area contributed by atoms with Crippen LogP contribution in [0, 0.1) is 0 Å². The van der Waals surface area contributed by atoms with E-state index < -0.39 is 42.9 Å². The first-order valence-electron chi connectivity index (χ1n) is 4.78. The van der Waals surface area contributed by atoms with E-state index in [1.165, 1.54) is 0 Å². The number of aromatic carboxylic acids is 1. The zero-order valence-electron chi connectivity index (χ0n) is 9.49. The molecule has 0 bridgehead atoms. The van der Waals surface area contributed by atoms with Gasteiger partial charge in [-0.25, -0.2) is 21.6 Å². The van der Waals surface area contributed by atoms with Gasteiger partial charge in [0.25, 0.3) is 0 Å². The molecule has 1 heterocycles. The van der Waals surface area contributed by atoms with Crippen LogP contribution in [-0.4, -0.2) is 45.7 Å². The standard InChI is InChI=1S/C9H12O7S2/c1-17(12,13)2-3-18(14,15)6-8-4-7(5-16-8)9(10)11/h4-5H,2-3,6H2,1H3,(H,10,11). The topological polar surface area (TPSA) is 119 Å². The first-order chi connectivity index (χ1) is 8.09. The summed E-state index contributed by atoms with van der Waals surface area (Å²) < 4.78 is 49.6. The van der Waals surface area contributed by atoms with Crippen LogP contribution in [0.4, 0.5) is 0 Å². The molecule has 0 spiro atoms. The van der Waals surface area contributed by atoms with Gasteiger partial charge < -0.3 is 9.52 Å². The van der Waals surface area contributed by atoms with Crippen molar-refractivity contribution in [1.29, 1.82) is 0 Å². The molecule has 102 valence electrons. The maximum absolute atomic E-state index is 11.6. The quantitative estimate of drug-likeness (QED) is 0.780. The molecule has 1 aromatic heterocycles. The summed E-state index contributed by atoms with van der Waals surface area (Å²) >= 11 is 0. The highest BCUT2D eigenvalue weighted by Gasteiger charge is 2.18. The van der Waals surface area contributed by atoms with Crippen LogP contribution < -0.4 is 0 Å². The van der Waals surface area contributed by atoms with Crippen molar-refractivity contribution < 1.29 is 31.2 Å². The number of carbonyl (C=O) groups is 1. The molecule has 0 radical (unpaired) electrons. The van der Waals surface area contributed by atoms with Crippen molar-refractivity contribution >= 4 is 25.6 Å². The van der Waals surface area contributed by atoms with Crippen LogP contribution in [0.15, 0.2) is 16.7 Å². The Morgan fingerprint density at radius 3 is 2.33 bits per heavy atom. The SMILES string of the molecule is CS(=O)(=O)CCS(=O)(=O)Cc1cc(C(=O)O)co1. The average molecular weight is 296 g/mol. The molecule has 1 aromatic rings. The molecule has 1 rings (SSSR count). The van der Waals surface area contributed by atoms with Gasteiger partial charge in [-0.3, -0.25) is 0 Å². The lowest BCUT2D eigenvalue weighted by Gasteiger charge is -2.00. The van der Waals surface area contributed by atoms with Gasteiger partial charge in [-0.2, -0.15) is 0 Å². The summed E-state index contributed by atoms with van der Waals surface area (Å²) in [4.78, 5) is 10.5. The molecule has 7 nitrogen and oxygen atoms in total. The van der Waals surface area contributed by atoms with Gasteiger partial charge in [-0.15, -0.1) is 0 Å². The second kappa shape index (κ2) is 5.11. The predicted molar refractivity (Wildman–Crippen MR) is 62.9 cm³/mol. The highest BCUT2D eigenvalue weighted by molar-refractivity contribution is 7.94. The third kappa shape index (κ3) is 4.88. The molecular formula is C9H12O7S2. The van der Waals surface area contributed by atoms with Gasteiger partial charge in [-0.05, 0) is 6.07 Å². The fraction of sp³-hybridized carbons (Fsp3) is 0.444. The molecule has 1 N–H and O–H groups in total. The van der Waals surface area contributed by atoms with Crippen LogP contribution in [0.1, 0.15) is 16.1 Å². The number of furan rings is 1. The van der Waals surface area contributed by atoms with E-state index in [4.69, 9.17) is 9.52 Å². The van der Waals surface area contributed by atoms with E-state index in [2.05, 4.69) is 0 Å². The number of carboxylic acids is 1. The van der Waals surface area contributed by atoms with E-state index in [1.54, 1.807) is 0 Å². The molecule has 0 amide bonds. The normalized spacial score (nSPS) is 12.5. The van der Waals surface area contributed by atoms with Gasteiger partial charge in [0, 0.05) is 6.26 Å². The Hall–Kier alpha value is -1.35. The molecule has 0 saturated heterocycles. The fourth-order valence-corrected chi connectivity index (χ4v) is 4.09. The molecule has 18 heavy (non-hydrogen) atoms. The first-order valence-corrected chi connectivity index (χ1v) is 8.66. The average Bonchev–Trinajstić information content (AvgIpc) is 2.62. The minimum absolute atomic E-state index is 0.0269. The maximum Gasteiger partial charge on any atom is 0.338 e. The van der Waals surface area contributed by atoms with E-state index in [9.17, 15) is 21.6 Å². The molecule has 0 unspecified atom stereocenters. The minimum Gasteiger partial charge on any atom is -0.478 e. The van der Waals surface area contributed by atoms with Crippen LogP contribution in [-0.2, 0) is 25.4 Å². The molecule has 0 aliphatic carbocycles. The molecule has 0 fully saturated rings. The van der Waals surface area contributed by atoms with E-state index in [1.807, 2.05) is 0 Å². The second-order valence-electron chi connectivity index (χ2n) is 3.83. The lowest BCUT2D eigenvalue weighted by molar-refractivity contribution is 0.0696. The summed E-state index contributed by atoms with van der Waals surface area (Å²) in [5, 5.41) is 8.62. The van der Waals surface area contributed by atoms with Gasteiger partial charge >= 0.3 is 5.97 Å². The highest BCUT2D eigenvalue weighted by atomic mass is 32.2. The van der Waals surface area contributed by atoms with Crippen LogP contribution in [0.3, 0.4) is 0 Å². The fourth-order valence-electron chi connectivity index (χ4n) is 1.14. The maximum atomic E-state index is 11.6. The highest BCUT2D eigenvalue weighted by Crippen LogP contribution is 2.12. The summed E-state index contributed by atoms with van der Waals surface area (Å²) in [5.74, 6) is -2.76. The smallest absolute Gasteiger partial charge is 0.338 e. The minimum atomic E-state index is -3.65. The molecule has 0 aliphatic heterocycles. The van der Waals surface area contributed by atoms with Gasteiger partial charge in [0.1, 0.15) is 27.6 Å².